The van der Waals surface area contributed by atoms with E-state index in [1.54, 1.807) is 0 Å². The molecular formula is C16H25N3O2. The first-order valence-electron chi connectivity index (χ1n) is 7.57. The summed E-state index contributed by atoms with van der Waals surface area (Å²) in [5.41, 5.74) is 6.66. The zero-order chi connectivity index (χ0) is 15.2. The molecule has 0 unspecified atom stereocenters. The van der Waals surface area contributed by atoms with Crippen LogP contribution in [0.25, 0.3) is 0 Å². The third-order valence-electron chi connectivity index (χ3n) is 3.51. The Morgan fingerprint density at radius 2 is 1.95 bits per heavy atom. The Morgan fingerprint density at radius 3 is 2.52 bits per heavy atom. The fourth-order valence-corrected chi connectivity index (χ4v) is 2.40. The zero-order valence-corrected chi connectivity index (χ0v) is 12.8. The van der Waals surface area contributed by atoms with Crippen LogP contribution in [0.1, 0.15) is 26.7 Å². The number of nitrogens with one attached hydrogen (secondary N) is 1. The van der Waals surface area contributed by atoms with Crippen LogP contribution in [0.3, 0.4) is 0 Å². The topological polar surface area (TPSA) is 67.6 Å². The van der Waals surface area contributed by atoms with Gasteiger partial charge in [-0.1, -0.05) is 0 Å². The van der Waals surface area contributed by atoms with E-state index < -0.39 is 0 Å². The molecule has 1 amide bonds. The quantitative estimate of drug-likeness (QED) is 0.868. The monoisotopic (exact) mass is 291 g/mol. The molecule has 1 heterocycles. The number of nitrogens with zero attached hydrogens (tertiary/aromatic N) is 1. The van der Waals surface area contributed by atoms with Crippen LogP contribution in [0.2, 0.25) is 0 Å². The summed E-state index contributed by atoms with van der Waals surface area (Å²) in [4.78, 5) is 14.2. The van der Waals surface area contributed by atoms with E-state index in [2.05, 4.69) is 10.2 Å². The van der Waals surface area contributed by atoms with Gasteiger partial charge in [0.15, 0.2) is 0 Å². The van der Waals surface area contributed by atoms with E-state index in [1.807, 2.05) is 38.1 Å². The Balaban J connectivity index is 1.79. The van der Waals surface area contributed by atoms with Crippen molar-refractivity contribution in [2.75, 3.05) is 25.0 Å². The summed E-state index contributed by atoms with van der Waals surface area (Å²) in [5, 5.41) is 2.91. The number of anilines is 1. The van der Waals surface area contributed by atoms with Crippen molar-refractivity contribution in [3.8, 4) is 5.75 Å². The molecule has 1 aromatic rings. The second kappa shape index (κ2) is 7.43. The minimum absolute atomic E-state index is 0.0167. The molecule has 0 atom stereocenters. The van der Waals surface area contributed by atoms with E-state index in [1.165, 1.54) is 0 Å². The van der Waals surface area contributed by atoms with Crippen LogP contribution in [-0.2, 0) is 4.79 Å². The van der Waals surface area contributed by atoms with Crippen molar-refractivity contribution < 1.29 is 9.53 Å². The SMILES string of the molecule is CC(C)Oc1ccc(NC(=O)CN2CCC(N)CC2)cc1. The fraction of sp³-hybridized carbons (Fsp3) is 0.562. The smallest absolute Gasteiger partial charge is 0.238 e. The molecule has 0 aliphatic carbocycles. The molecular weight excluding hydrogens is 266 g/mol. The Hall–Kier alpha value is -1.59. The molecule has 5 nitrogen and oxygen atoms in total. The molecule has 5 heteroatoms. The number of amides is 1. The molecule has 0 saturated carbocycles. The average molecular weight is 291 g/mol. The lowest BCUT2D eigenvalue weighted by atomic mass is 10.1. The minimum Gasteiger partial charge on any atom is -0.491 e. The van der Waals surface area contributed by atoms with Crippen LogP contribution in [0.4, 0.5) is 5.69 Å². The van der Waals surface area contributed by atoms with Gasteiger partial charge in [-0.25, -0.2) is 0 Å². The van der Waals surface area contributed by atoms with Crippen molar-refractivity contribution in [3.05, 3.63) is 24.3 Å². The number of benzene rings is 1. The molecule has 2 rings (SSSR count). The molecule has 3 N–H and O–H groups in total. The number of rotatable bonds is 5. The number of nitrogens with two attached hydrogens (primary N) is 1. The lowest BCUT2D eigenvalue weighted by Gasteiger charge is -2.29. The molecule has 0 radical (unpaired) electrons. The van der Waals surface area contributed by atoms with Crippen molar-refractivity contribution in [2.24, 2.45) is 5.73 Å². The molecule has 1 aliphatic heterocycles. The molecule has 1 aromatic carbocycles. The highest BCUT2D eigenvalue weighted by molar-refractivity contribution is 5.92. The number of ether oxygens (including phenoxy) is 1. The van der Waals surface area contributed by atoms with Crippen LogP contribution >= 0.6 is 0 Å². The van der Waals surface area contributed by atoms with Crippen LogP contribution in [-0.4, -0.2) is 42.6 Å². The van der Waals surface area contributed by atoms with Crippen molar-refractivity contribution >= 4 is 11.6 Å². The van der Waals surface area contributed by atoms with Gasteiger partial charge in [-0.05, 0) is 51.0 Å². The number of piperidine rings is 1. The van der Waals surface area contributed by atoms with E-state index in [4.69, 9.17) is 10.5 Å². The van der Waals surface area contributed by atoms with Crippen molar-refractivity contribution in [3.63, 3.8) is 0 Å². The Kier molecular flexibility index (Phi) is 5.59. The van der Waals surface area contributed by atoms with Gasteiger partial charge >= 0.3 is 0 Å². The third kappa shape index (κ3) is 5.36. The second-order valence-corrected chi connectivity index (χ2v) is 5.85. The molecule has 0 spiro atoms. The highest BCUT2D eigenvalue weighted by atomic mass is 16.5. The summed E-state index contributed by atoms with van der Waals surface area (Å²) in [6.45, 7) is 6.20. The summed E-state index contributed by atoms with van der Waals surface area (Å²) in [7, 11) is 0. The number of hydrogen-bond acceptors (Lipinski definition) is 4. The van der Waals surface area contributed by atoms with Crippen LogP contribution in [0.5, 0.6) is 5.75 Å². The van der Waals surface area contributed by atoms with Gasteiger partial charge < -0.3 is 15.8 Å². The van der Waals surface area contributed by atoms with Gasteiger partial charge in [0.25, 0.3) is 0 Å². The van der Waals surface area contributed by atoms with Crippen molar-refractivity contribution in [2.45, 2.75) is 38.8 Å². The fourth-order valence-electron chi connectivity index (χ4n) is 2.40. The second-order valence-electron chi connectivity index (χ2n) is 5.85. The van der Waals surface area contributed by atoms with Crippen LogP contribution in [0, 0.1) is 0 Å². The Morgan fingerprint density at radius 1 is 1.33 bits per heavy atom. The standard InChI is InChI=1S/C16H25N3O2/c1-12(2)21-15-5-3-14(4-6-15)18-16(20)11-19-9-7-13(17)8-10-19/h3-6,12-13H,7-11,17H2,1-2H3,(H,18,20). The van der Waals surface area contributed by atoms with Gasteiger partial charge in [-0.3, -0.25) is 9.69 Å². The van der Waals surface area contributed by atoms with Crippen molar-refractivity contribution in [1.29, 1.82) is 0 Å². The van der Waals surface area contributed by atoms with Crippen LogP contribution in [0.15, 0.2) is 24.3 Å². The summed E-state index contributed by atoms with van der Waals surface area (Å²) >= 11 is 0. The Labute approximate surface area is 126 Å². The summed E-state index contributed by atoms with van der Waals surface area (Å²) in [6.07, 6.45) is 2.08. The highest BCUT2D eigenvalue weighted by Crippen LogP contribution is 2.17. The minimum atomic E-state index is 0.0167. The van der Waals surface area contributed by atoms with Crippen molar-refractivity contribution in [1.82, 2.24) is 4.90 Å². The Bertz CT molecular complexity index is 451. The van der Waals surface area contributed by atoms with Gasteiger partial charge in [0.2, 0.25) is 5.91 Å². The maximum atomic E-state index is 12.0. The predicted molar refractivity (Wildman–Crippen MR) is 84.5 cm³/mol. The van der Waals surface area contributed by atoms with E-state index in [0.29, 0.717) is 6.54 Å². The number of likely N-dealkylation sites (tertiary alicyclic amines) is 1. The number of carbonyl (C=O) groups is 1. The van der Waals surface area contributed by atoms with E-state index in [0.717, 1.165) is 37.4 Å². The van der Waals surface area contributed by atoms with Crippen LogP contribution < -0.4 is 15.8 Å². The maximum Gasteiger partial charge on any atom is 0.238 e. The first-order chi connectivity index (χ1) is 10.0. The van der Waals surface area contributed by atoms with E-state index >= 15 is 0 Å². The normalized spacial score (nSPS) is 17.0. The molecule has 0 aromatic heterocycles. The number of hydrogen-bond donors (Lipinski definition) is 2. The maximum absolute atomic E-state index is 12.0. The lowest BCUT2D eigenvalue weighted by molar-refractivity contribution is -0.117. The van der Waals surface area contributed by atoms with Gasteiger partial charge in [0.1, 0.15) is 5.75 Å². The molecule has 1 fully saturated rings. The summed E-state index contributed by atoms with van der Waals surface area (Å²) in [6, 6.07) is 7.76. The highest BCUT2D eigenvalue weighted by Gasteiger charge is 2.18. The zero-order valence-electron chi connectivity index (χ0n) is 12.8. The molecule has 0 bridgehead atoms. The first kappa shape index (κ1) is 15.8. The van der Waals surface area contributed by atoms with Gasteiger partial charge in [-0.15, -0.1) is 0 Å². The molecule has 116 valence electrons. The summed E-state index contributed by atoms with van der Waals surface area (Å²) in [5.74, 6) is 0.830. The average Bonchev–Trinajstić information content (AvgIpc) is 2.43. The largest absolute Gasteiger partial charge is 0.491 e. The van der Waals surface area contributed by atoms with Gasteiger partial charge in [0, 0.05) is 24.8 Å². The van der Waals surface area contributed by atoms with Gasteiger partial charge in [-0.2, -0.15) is 0 Å². The van der Waals surface area contributed by atoms with E-state index in [-0.39, 0.29) is 18.1 Å². The molecule has 1 saturated heterocycles. The van der Waals surface area contributed by atoms with E-state index in [9.17, 15) is 4.79 Å². The summed E-state index contributed by atoms with van der Waals surface area (Å²) < 4.78 is 5.57. The lowest BCUT2D eigenvalue weighted by Crippen LogP contribution is -2.43. The number of carbonyl (C=O) groups excluding carboxylic acids is 1. The van der Waals surface area contributed by atoms with Gasteiger partial charge in [0.05, 0.1) is 12.6 Å². The molecule has 21 heavy (non-hydrogen) atoms. The third-order valence-corrected chi connectivity index (χ3v) is 3.51. The first-order valence-corrected chi connectivity index (χ1v) is 7.57. The molecule has 1 aliphatic rings. The predicted octanol–water partition coefficient (Wildman–Crippen LogP) is 1.84.